The topological polar surface area (TPSA) is 17.1 Å². The molecule has 3 unspecified atom stereocenters. The van der Waals surface area contributed by atoms with Gasteiger partial charge >= 0.3 is 0 Å². The summed E-state index contributed by atoms with van der Waals surface area (Å²) in [6, 6.07) is 0. The fourth-order valence-electron chi connectivity index (χ4n) is 7.30. The van der Waals surface area contributed by atoms with E-state index in [2.05, 4.69) is 38.8 Å². The van der Waals surface area contributed by atoms with Crippen molar-refractivity contribution in [2.75, 3.05) is 0 Å². The third kappa shape index (κ3) is 2.40. The lowest BCUT2D eigenvalue weighted by molar-refractivity contribution is -0.116. The first-order valence-corrected chi connectivity index (χ1v) is 10.3. The van der Waals surface area contributed by atoms with Crippen molar-refractivity contribution < 1.29 is 4.79 Å². The summed E-state index contributed by atoms with van der Waals surface area (Å²) < 4.78 is 0. The molecule has 0 spiro atoms. The maximum atomic E-state index is 11.9. The van der Waals surface area contributed by atoms with E-state index < -0.39 is 0 Å². The molecule has 1 nitrogen and oxygen atoms in total. The largest absolute Gasteiger partial charge is 0.295 e. The number of hydrogen-bond donors (Lipinski definition) is 0. The van der Waals surface area contributed by atoms with E-state index in [4.69, 9.17) is 6.42 Å². The van der Waals surface area contributed by atoms with Crippen molar-refractivity contribution in [3.8, 4) is 12.3 Å². The van der Waals surface area contributed by atoms with Crippen LogP contribution < -0.4 is 0 Å². The molecule has 4 aliphatic carbocycles. The summed E-state index contributed by atoms with van der Waals surface area (Å²) in [4.78, 5) is 11.9. The molecule has 0 aromatic heterocycles. The van der Waals surface area contributed by atoms with Crippen molar-refractivity contribution in [1.29, 1.82) is 0 Å². The van der Waals surface area contributed by atoms with E-state index in [0.717, 1.165) is 37.0 Å². The van der Waals surface area contributed by atoms with Crippen LogP contribution in [0.1, 0.15) is 65.7 Å². The quantitative estimate of drug-likeness (QED) is 0.602. The monoisotopic (exact) mass is 336 g/mol. The van der Waals surface area contributed by atoms with Gasteiger partial charge in [-0.15, -0.1) is 12.3 Å². The molecule has 0 bridgehead atoms. The molecule has 134 valence electrons. The molecule has 25 heavy (non-hydrogen) atoms. The third-order valence-corrected chi connectivity index (χ3v) is 8.72. The average molecular weight is 337 g/mol. The van der Waals surface area contributed by atoms with E-state index in [-0.39, 0.29) is 5.41 Å². The summed E-state index contributed by atoms with van der Waals surface area (Å²) in [6.45, 7) is 7.36. The number of fused-ring (bicyclic) bond motifs is 5. The summed E-state index contributed by atoms with van der Waals surface area (Å²) in [5.74, 6) is 6.85. The van der Waals surface area contributed by atoms with E-state index in [1.54, 1.807) is 0 Å². The summed E-state index contributed by atoms with van der Waals surface area (Å²) in [7, 11) is 0. The Bertz CT molecular complexity index is 677. The van der Waals surface area contributed by atoms with Gasteiger partial charge in [0.1, 0.15) is 0 Å². The minimum atomic E-state index is 0.219. The van der Waals surface area contributed by atoms with E-state index in [1.165, 1.54) is 31.3 Å². The Kier molecular flexibility index (Phi) is 4.02. The van der Waals surface area contributed by atoms with Crippen molar-refractivity contribution in [2.45, 2.75) is 65.7 Å². The second kappa shape index (κ2) is 5.87. The molecule has 0 amide bonds. The molecule has 0 aromatic carbocycles. The second-order valence-electron chi connectivity index (χ2n) is 9.75. The predicted molar refractivity (Wildman–Crippen MR) is 103 cm³/mol. The van der Waals surface area contributed by atoms with E-state index in [9.17, 15) is 4.79 Å². The molecule has 0 saturated heterocycles. The number of hydrogen-bond acceptors (Lipinski definition) is 1. The van der Waals surface area contributed by atoms with Crippen LogP contribution >= 0.6 is 0 Å². The number of carbonyl (C=O) groups is 1. The minimum absolute atomic E-state index is 0.219. The highest BCUT2D eigenvalue weighted by Gasteiger charge is 2.58. The summed E-state index contributed by atoms with van der Waals surface area (Å²) in [5.41, 5.74) is 1.98. The van der Waals surface area contributed by atoms with E-state index in [1.807, 2.05) is 6.08 Å². The zero-order valence-corrected chi connectivity index (χ0v) is 16.1. The molecule has 2 saturated carbocycles. The van der Waals surface area contributed by atoms with Gasteiger partial charge in [-0.3, -0.25) is 4.79 Å². The Labute approximate surface area is 153 Å². The molecule has 0 heterocycles. The summed E-state index contributed by atoms with van der Waals surface area (Å²) in [5, 5.41) is 0. The molecule has 0 radical (unpaired) electrons. The molecule has 0 aromatic rings. The highest BCUT2D eigenvalue weighted by molar-refractivity contribution is 5.92. The molecule has 0 N–H and O–H groups in total. The van der Waals surface area contributed by atoms with Crippen molar-refractivity contribution >= 4 is 5.78 Å². The number of terminal acetylenes is 1. The Morgan fingerprint density at radius 1 is 1.24 bits per heavy atom. The van der Waals surface area contributed by atoms with Gasteiger partial charge in [-0.05, 0) is 84.2 Å². The van der Waals surface area contributed by atoms with Gasteiger partial charge in [-0.1, -0.05) is 32.9 Å². The molecular weight excluding hydrogens is 304 g/mol. The number of rotatable bonds is 2. The normalized spacial score (nSPS) is 46.5. The van der Waals surface area contributed by atoms with Gasteiger partial charge < -0.3 is 0 Å². The van der Waals surface area contributed by atoms with Crippen molar-refractivity contribution in [3.63, 3.8) is 0 Å². The zero-order chi connectivity index (χ0) is 17.8. The van der Waals surface area contributed by atoms with Crippen molar-refractivity contribution in [1.82, 2.24) is 0 Å². The van der Waals surface area contributed by atoms with Crippen LogP contribution in [0.4, 0.5) is 0 Å². The SMILES string of the molecule is C#CC[C@@H](C)[C@H]1CCC2C3C=CC4=CC(=O)CC[C@]4(C)C3CC[C@@]21C. The molecule has 4 aliphatic rings. The Morgan fingerprint density at radius 3 is 2.80 bits per heavy atom. The van der Waals surface area contributed by atoms with Gasteiger partial charge in [0.25, 0.3) is 0 Å². The van der Waals surface area contributed by atoms with Gasteiger partial charge in [0.2, 0.25) is 0 Å². The fourth-order valence-corrected chi connectivity index (χ4v) is 7.30. The van der Waals surface area contributed by atoms with Gasteiger partial charge in [0.05, 0.1) is 0 Å². The summed E-state index contributed by atoms with van der Waals surface area (Å²) in [6.07, 6.45) is 20.4. The van der Waals surface area contributed by atoms with Crippen molar-refractivity contribution in [2.24, 2.45) is 40.4 Å². The fraction of sp³-hybridized carbons (Fsp3) is 0.708. The predicted octanol–water partition coefficient (Wildman–Crippen LogP) is 5.57. The van der Waals surface area contributed by atoms with Crippen LogP contribution in [0, 0.1) is 52.8 Å². The zero-order valence-electron chi connectivity index (χ0n) is 16.1. The first-order valence-electron chi connectivity index (χ1n) is 10.3. The number of allylic oxidation sites excluding steroid dienone is 4. The van der Waals surface area contributed by atoms with E-state index in [0.29, 0.717) is 23.0 Å². The van der Waals surface area contributed by atoms with Crippen LogP contribution in [0.3, 0.4) is 0 Å². The molecular formula is C24H32O. The first kappa shape index (κ1) is 17.1. The van der Waals surface area contributed by atoms with Crippen LogP contribution in [0.15, 0.2) is 23.8 Å². The lowest BCUT2D eigenvalue weighted by Gasteiger charge is -2.56. The van der Waals surface area contributed by atoms with Crippen LogP contribution in [0.2, 0.25) is 0 Å². The average Bonchev–Trinajstić information content (AvgIpc) is 2.93. The van der Waals surface area contributed by atoms with E-state index >= 15 is 0 Å². The second-order valence-corrected chi connectivity index (χ2v) is 9.75. The molecule has 2 fully saturated rings. The lowest BCUT2D eigenvalue weighted by Crippen LogP contribution is -2.49. The number of carbonyl (C=O) groups excluding carboxylic acids is 1. The maximum absolute atomic E-state index is 11.9. The highest BCUT2D eigenvalue weighted by atomic mass is 16.1. The third-order valence-electron chi connectivity index (χ3n) is 8.72. The molecule has 7 atom stereocenters. The van der Waals surface area contributed by atoms with Crippen LogP contribution in [-0.2, 0) is 4.79 Å². The van der Waals surface area contributed by atoms with Gasteiger partial charge in [-0.2, -0.15) is 0 Å². The standard InChI is InChI=1S/C24H32O/c1-5-6-16(2)20-9-10-21-19-8-7-17-15-18(25)11-13-23(17,3)22(19)12-14-24(20,21)4/h1,7-8,15-16,19-22H,6,9-14H2,2-4H3/t16-,19?,20-,21?,22?,23+,24-/m1/s1. The lowest BCUT2D eigenvalue weighted by atomic mass is 9.48. The molecule has 1 heteroatoms. The first-order chi connectivity index (χ1) is 11.9. The summed E-state index contributed by atoms with van der Waals surface area (Å²) >= 11 is 0. The Balaban J connectivity index is 1.66. The number of ketones is 1. The van der Waals surface area contributed by atoms with Crippen LogP contribution in [-0.4, -0.2) is 5.78 Å². The smallest absolute Gasteiger partial charge is 0.156 e. The van der Waals surface area contributed by atoms with Crippen LogP contribution in [0.5, 0.6) is 0 Å². The highest BCUT2D eigenvalue weighted by Crippen LogP contribution is 2.66. The van der Waals surface area contributed by atoms with Gasteiger partial charge in [0, 0.05) is 12.8 Å². The Hall–Kier alpha value is -1.29. The Morgan fingerprint density at radius 2 is 2.04 bits per heavy atom. The van der Waals surface area contributed by atoms with Crippen LogP contribution in [0.25, 0.3) is 0 Å². The van der Waals surface area contributed by atoms with Gasteiger partial charge in [0.15, 0.2) is 5.78 Å². The van der Waals surface area contributed by atoms with Gasteiger partial charge in [-0.25, -0.2) is 0 Å². The van der Waals surface area contributed by atoms with Crippen molar-refractivity contribution in [3.05, 3.63) is 23.8 Å². The molecule has 0 aliphatic heterocycles. The maximum Gasteiger partial charge on any atom is 0.156 e. The minimum Gasteiger partial charge on any atom is -0.295 e. The molecule has 4 rings (SSSR count).